The van der Waals surface area contributed by atoms with Crippen LogP contribution in [0.3, 0.4) is 0 Å². The minimum absolute atomic E-state index is 0.138. The molecule has 1 aromatic rings. The van der Waals surface area contributed by atoms with Gasteiger partial charge in [0.05, 0.1) is 0 Å². The molecular formula is C17H27N3O. The fourth-order valence-corrected chi connectivity index (χ4v) is 2.87. The first-order valence-corrected chi connectivity index (χ1v) is 8.04. The van der Waals surface area contributed by atoms with Crippen molar-refractivity contribution in [2.75, 3.05) is 18.4 Å². The Morgan fingerprint density at radius 1 is 1.38 bits per heavy atom. The molecule has 21 heavy (non-hydrogen) atoms. The maximum Gasteiger partial charge on any atom is 0.254 e. The highest BCUT2D eigenvalue weighted by molar-refractivity contribution is 5.95. The zero-order valence-corrected chi connectivity index (χ0v) is 13.6. The molecule has 116 valence electrons. The molecule has 1 aliphatic rings. The molecule has 2 heterocycles. The molecule has 2 atom stereocenters. The van der Waals surface area contributed by atoms with Crippen molar-refractivity contribution in [2.45, 2.75) is 53.0 Å². The van der Waals surface area contributed by atoms with E-state index in [1.807, 2.05) is 24.0 Å². The summed E-state index contributed by atoms with van der Waals surface area (Å²) in [5.41, 5.74) is 1.64. The van der Waals surface area contributed by atoms with Crippen LogP contribution in [-0.4, -0.2) is 34.9 Å². The second kappa shape index (κ2) is 6.92. The Balaban J connectivity index is 2.19. The smallest absolute Gasteiger partial charge is 0.254 e. The fraction of sp³-hybridized carbons (Fsp3) is 0.647. The van der Waals surface area contributed by atoms with Crippen LogP contribution in [0, 0.1) is 12.8 Å². The molecule has 1 aliphatic heterocycles. The molecule has 0 bridgehead atoms. The first-order valence-electron chi connectivity index (χ1n) is 8.04. The molecule has 0 radical (unpaired) electrons. The van der Waals surface area contributed by atoms with Gasteiger partial charge in [-0.3, -0.25) is 4.79 Å². The average molecular weight is 289 g/mol. The summed E-state index contributed by atoms with van der Waals surface area (Å²) in [4.78, 5) is 19.3. The Morgan fingerprint density at radius 3 is 2.86 bits per heavy atom. The van der Waals surface area contributed by atoms with E-state index in [0.29, 0.717) is 12.0 Å². The number of pyridine rings is 1. The number of amides is 1. The van der Waals surface area contributed by atoms with Crippen LogP contribution in [0.1, 0.15) is 56.1 Å². The van der Waals surface area contributed by atoms with Crippen molar-refractivity contribution in [3.8, 4) is 0 Å². The number of hydrogen-bond donors (Lipinski definition) is 1. The average Bonchev–Trinajstić information content (AvgIpc) is 2.46. The molecule has 1 aromatic heterocycles. The summed E-state index contributed by atoms with van der Waals surface area (Å²) >= 11 is 0. The number of nitrogens with zero attached hydrogens (tertiary/aromatic N) is 2. The number of hydrogen-bond acceptors (Lipinski definition) is 3. The number of likely N-dealkylation sites (tertiary alicyclic amines) is 1. The molecule has 0 saturated carbocycles. The van der Waals surface area contributed by atoms with Gasteiger partial charge in [-0.1, -0.05) is 13.8 Å². The number of piperidine rings is 1. The van der Waals surface area contributed by atoms with Gasteiger partial charge in [0, 0.05) is 30.4 Å². The zero-order chi connectivity index (χ0) is 15.4. The van der Waals surface area contributed by atoms with Crippen molar-refractivity contribution in [3.63, 3.8) is 0 Å². The molecule has 1 amide bonds. The molecular weight excluding hydrogens is 262 g/mol. The molecule has 1 N–H and O–H groups in total. The lowest BCUT2D eigenvalue weighted by Crippen LogP contribution is -2.45. The highest BCUT2D eigenvalue weighted by atomic mass is 16.2. The van der Waals surface area contributed by atoms with Gasteiger partial charge in [-0.25, -0.2) is 4.98 Å². The topological polar surface area (TPSA) is 45.2 Å². The molecule has 0 aliphatic carbocycles. The Labute approximate surface area is 127 Å². The third-order valence-corrected chi connectivity index (χ3v) is 4.14. The number of aryl methyl sites for hydroxylation is 1. The Kier molecular flexibility index (Phi) is 5.21. The summed E-state index contributed by atoms with van der Waals surface area (Å²) in [6.07, 6.45) is 3.35. The van der Waals surface area contributed by atoms with Crippen LogP contribution >= 0.6 is 0 Å². The van der Waals surface area contributed by atoms with Crippen LogP contribution in [-0.2, 0) is 0 Å². The van der Waals surface area contributed by atoms with Gasteiger partial charge in [0.1, 0.15) is 5.82 Å². The lowest BCUT2D eigenvalue weighted by atomic mass is 9.94. The lowest BCUT2D eigenvalue weighted by Gasteiger charge is -2.37. The molecule has 0 aromatic carbocycles. The van der Waals surface area contributed by atoms with E-state index >= 15 is 0 Å². The van der Waals surface area contributed by atoms with Crippen molar-refractivity contribution in [1.82, 2.24) is 9.88 Å². The number of carbonyl (C=O) groups is 1. The number of nitrogens with one attached hydrogen (secondary N) is 1. The van der Waals surface area contributed by atoms with Gasteiger partial charge in [0.25, 0.3) is 5.91 Å². The van der Waals surface area contributed by atoms with Crippen LogP contribution in [0.25, 0.3) is 0 Å². The summed E-state index contributed by atoms with van der Waals surface area (Å²) in [6.45, 7) is 10.2. The largest absolute Gasteiger partial charge is 0.370 e. The normalized spacial score (nSPS) is 22.2. The summed E-state index contributed by atoms with van der Waals surface area (Å²) in [5.74, 6) is 1.53. The number of rotatable bonds is 4. The molecule has 1 fully saturated rings. The van der Waals surface area contributed by atoms with Crippen LogP contribution in [0.4, 0.5) is 5.82 Å². The summed E-state index contributed by atoms with van der Waals surface area (Å²) in [6, 6.07) is 4.11. The predicted molar refractivity (Wildman–Crippen MR) is 86.7 cm³/mol. The molecule has 1 saturated heterocycles. The van der Waals surface area contributed by atoms with Crippen LogP contribution < -0.4 is 5.32 Å². The molecule has 4 nitrogen and oxygen atoms in total. The van der Waals surface area contributed by atoms with Crippen LogP contribution in [0.5, 0.6) is 0 Å². The summed E-state index contributed by atoms with van der Waals surface area (Å²) in [5, 5.41) is 3.27. The van der Waals surface area contributed by atoms with E-state index in [1.165, 1.54) is 6.42 Å². The third kappa shape index (κ3) is 3.96. The maximum atomic E-state index is 12.8. The Hall–Kier alpha value is -1.58. The van der Waals surface area contributed by atoms with E-state index < -0.39 is 0 Å². The van der Waals surface area contributed by atoms with Gasteiger partial charge in [-0.15, -0.1) is 0 Å². The van der Waals surface area contributed by atoms with E-state index in [9.17, 15) is 4.79 Å². The van der Waals surface area contributed by atoms with Gasteiger partial charge in [0.2, 0.25) is 0 Å². The third-order valence-electron chi connectivity index (χ3n) is 4.14. The van der Waals surface area contributed by atoms with Gasteiger partial charge in [-0.05, 0) is 51.2 Å². The monoisotopic (exact) mass is 289 g/mol. The van der Waals surface area contributed by atoms with Crippen molar-refractivity contribution in [2.24, 2.45) is 5.92 Å². The van der Waals surface area contributed by atoms with Gasteiger partial charge in [-0.2, -0.15) is 0 Å². The number of carbonyl (C=O) groups excluding carboxylic acids is 1. The van der Waals surface area contributed by atoms with Crippen LogP contribution in [0.2, 0.25) is 0 Å². The van der Waals surface area contributed by atoms with Gasteiger partial charge in [0.15, 0.2) is 0 Å². The minimum Gasteiger partial charge on any atom is -0.370 e. The zero-order valence-electron chi connectivity index (χ0n) is 13.6. The SMILES string of the molecule is CCCNc1cc(C(=O)N2CC(C)CCC2C)cc(C)n1. The van der Waals surface area contributed by atoms with Crippen molar-refractivity contribution >= 4 is 11.7 Å². The Bertz CT molecular complexity index is 501. The second-order valence-electron chi connectivity index (χ2n) is 6.30. The standard InChI is InChI=1S/C17H27N3O/c1-5-8-18-16-10-15(9-13(3)19-16)17(21)20-11-12(2)6-7-14(20)4/h9-10,12,14H,5-8,11H2,1-4H3,(H,18,19). The van der Waals surface area contributed by atoms with Crippen molar-refractivity contribution < 1.29 is 4.79 Å². The van der Waals surface area contributed by atoms with Crippen molar-refractivity contribution in [1.29, 1.82) is 0 Å². The van der Waals surface area contributed by atoms with Gasteiger partial charge >= 0.3 is 0 Å². The predicted octanol–water partition coefficient (Wildman–Crippen LogP) is 3.47. The Morgan fingerprint density at radius 2 is 2.14 bits per heavy atom. The molecule has 4 heteroatoms. The van der Waals surface area contributed by atoms with E-state index in [1.54, 1.807) is 0 Å². The highest BCUT2D eigenvalue weighted by Gasteiger charge is 2.27. The molecule has 0 spiro atoms. The molecule has 2 unspecified atom stereocenters. The molecule has 2 rings (SSSR count). The highest BCUT2D eigenvalue weighted by Crippen LogP contribution is 2.24. The maximum absolute atomic E-state index is 12.8. The summed E-state index contributed by atoms with van der Waals surface area (Å²) < 4.78 is 0. The summed E-state index contributed by atoms with van der Waals surface area (Å²) in [7, 11) is 0. The van der Waals surface area contributed by atoms with Crippen LogP contribution in [0.15, 0.2) is 12.1 Å². The van der Waals surface area contributed by atoms with Gasteiger partial charge < -0.3 is 10.2 Å². The number of aromatic nitrogens is 1. The first kappa shape index (κ1) is 15.8. The fourth-order valence-electron chi connectivity index (χ4n) is 2.87. The first-order chi connectivity index (χ1) is 10.0. The second-order valence-corrected chi connectivity index (χ2v) is 6.30. The van der Waals surface area contributed by atoms with E-state index in [2.05, 4.69) is 31.1 Å². The quantitative estimate of drug-likeness (QED) is 0.923. The van der Waals surface area contributed by atoms with E-state index in [-0.39, 0.29) is 5.91 Å². The van der Waals surface area contributed by atoms with E-state index in [0.717, 1.165) is 43.0 Å². The van der Waals surface area contributed by atoms with E-state index in [4.69, 9.17) is 0 Å². The minimum atomic E-state index is 0.138. The van der Waals surface area contributed by atoms with Crippen molar-refractivity contribution in [3.05, 3.63) is 23.4 Å². The lowest BCUT2D eigenvalue weighted by molar-refractivity contribution is 0.0574. The number of anilines is 1.